The minimum atomic E-state index is -0.522. The minimum Gasteiger partial charge on any atom is -0.497 e. The molecule has 2 amide bonds. The molecule has 32 heavy (non-hydrogen) atoms. The molecule has 0 radical (unpaired) electrons. The number of carbonyl (C=O) groups excluding carboxylic acids is 2. The van der Waals surface area contributed by atoms with Crippen molar-refractivity contribution in [3.63, 3.8) is 0 Å². The van der Waals surface area contributed by atoms with Crippen LogP contribution in [0.25, 0.3) is 0 Å². The van der Waals surface area contributed by atoms with E-state index in [1.807, 2.05) is 0 Å². The zero-order chi connectivity index (χ0) is 22.8. The van der Waals surface area contributed by atoms with E-state index < -0.39 is 11.8 Å². The maximum absolute atomic E-state index is 13.4. The Morgan fingerprint density at radius 1 is 0.844 bits per heavy atom. The van der Waals surface area contributed by atoms with E-state index in [2.05, 4.69) is 5.32 Å². The summed E-state index contributed by atoms with van der Waals surface area (Å²) in [5.41, 5.74) is 1.03. The molecule has 4 rings (SSSR count). The number of hydrogen-bond acceptors (Lipinski definition) is 5. The first-order valence-corrected chi connectivity index (χ1v) is 11.2. The van der Waals surface area contributed by atoms with Gasteiger partial charge in [0.15, 0.2) is 0 Å². The Labute approximate surface area is 203 Å². The molecule has 0 atom stereocenters. The van der Waals surface area contributed by atoms with E-state index >= 15 is 0 Å². The van der Waals surface area contributed by atoms with E-state index in [0.717, 1.165) is 9.80 Å². The molecule has 0 spiro atoms. The van der Waals surface area contributed by atoms with Crippen molar-refractivity contribution in [2.24, 2.45) is 0 Å². The van der Waals surface area contributed by atoms with Gasteiger partial charge in [-0.15, -0.1) is 0 Å². The highest BCUT2D eigenvalue weighted by atomic mass is 35.5. The van der Waals surface area contributed by atoms with Crippen molar-refractivity contribution >= 4 is 69.8 Å². The van der Waals surface area contributed by atoms with Crippen LogP contribution in [0.1, 0.15) is 0 Å². The van der Waals surface area contributed by atoms with Crippen molar-refractivity contribution in [2.45, 2.75) is 4.90 Å². The van der Waals surface area contributed by atoms with Crippen LogP contribution in [0.5, 0.6) is 5.75 Å². The minimum absolute atomic E-state index is 0.145. The Morgan fingerprint density at radius 2 is 1.50 bits per heavy atom. The molecule has 0 fully saturated rings. The van der Waals surface area contributed by atoms with Gasteiger partial charge in [0.1, 0.15) is 16.4 Å². The Morgan fingerprint density at radius 3 is 2.12 bits per heavy atom. The third kappa shape index (κ3) is 4.59. The van der Waals surface area contributed by atoms with E-state index in [1.54, 1.807) is 67.8 Å². The number of nitrogens with one attached hydrogen (secondary N) is 1. The fourth-order valence-electron chi connectivity index (χ4n) is 3.04. The quantitative estimate of drug-likeness (QED) is 0.380. The number of methoxy groups -OCH3 is 1. The Balaban J connectivity index is 1.74. The molecule has 5 nitrogen and oxygen atoms in total. The first-order chi connectivity index (χ1) is 15.4. The lowest BCUT2D eigenvalue weighted by molar-refractivity contribution is -0.120. The predicted molar refractivity (Wildman–Crippen MR) is 130 cm³/mol. The molecule has 0 saturated heterocycles. The summed E-state index contributed by atoms with van der Waals surface area (Å²) in [5, 5.41) is 4.25. The monoisotopic (exact) mass is 504 g/mol. The summed E-state index contributed by atoms with van der Waals surface area (Å²) < 4.78 is 5.18. The smallest absolute Gasteiger partial charge is 0.283 e. The number of thioether (sulfide) groups is 1. The van der Waals surface area contributed by atoms with Gasteiger partial charge in [-0.2, -0.15) is 0 Å². The average molecular weight is 506 g/mol. The lowest BCUT2D eigenvalue weighted by atomic mass is 10.2. The van der Waals surface area contributed by atoms with E-state index in [-0.39, 0.29) is 21.3 Å². The molecule has 0 unspecified atom stereocenters. The molecule has 1 heterocycles. The van der Waals surface area contributed by atoms with Crippen LogP contribution in [0, 0.1) is 0 Å². The van der Waals surface area contributed by atoms with Gasteiger partial charge in [0, 0.05) is 20.6 Å². The van der Waals surface area contributed by atoms with Crippen LogP contribution < -0.4 is 15.0 Å². The lowest BCUT2D eigenvalue weighted by Crippen LogP contribution is -2.32. The number of rotatable bonds is 6. The topological polar surface area (TPSA) is 58.6 Å². The van der Waals surface area contributed by atoms with Crippen LogP contribution in [-0.4, -0.2) is 18.9 Å². The van der Waals surface area contributed by atoms with Crippen LogP contribution >= 0.6 is 46.6 Å². The fraction of sp³-hybridized carbons (Fsp3) is 0.0435. The molecule has 0 saturated carbocycles. The summed E-state index contributed by atoms with van der Waals surface area (Å²) in [5.74, 6) is -0.342. The van der Waals surface area contributed by atoms with E-state index in [9.17, 15) is 9.59 Å². The summed E-state index contributed by atoms with van der Waals surface area (Å²) in [6, 6.07) is 18.6. The zero-order valence-electron chi connectivity index (χ0n) is 16.6. The molecule has 1 N–H and O–H groups in total. The maximum Gasteiger partial charge on any atom is 0.283 e. The van der Waals surface area contributed by atoms with Gasteiger partial charge in [0.25, 0.3) is 11.8 Å². The number of hydrogen-bond donors (Lipinski definition) is 1. The van der Waals surface area contributed by atoms with Crippen LogP contribution in [0.4, 0.5) is 11.4 Å². The second-order valence-electron chi connectivity index (χ2n) is 6.66. The van der Waals surface area contributed by atoms with Gasteiger partial charge in [0.05, 0.1) is 17.8 Å². The van der Waals surface area contributed by atoms with Gasteiger partial charge in [-0.05, 0) is 66.7 Å². The normalized spacial score (nSPS) is 13.7. The van der Waals surface area contributed by atoms with E-state index in [1.165, 1.54) is 17.8 Å². The average Bonchev–Trinajstić information content (AvgIpc) is 3.00. The molecule has 1 aliphatic heterocycles. The largest absolute Gasteiger partial charge is 0.497 e. The Kier molecular flexibility index (Phi) is 6.67. The van der Waals surface area contributed by atoms with Crippen LogP contribution in [0.15, 0.2) is 82.2 Å². The van der Waals surface area contributed by atoms with Crippen molar-refractivity contribution in [3.8, 4) is 5.75 Å². The summed E-state index contributed by atoms with van der Waals surface area (Å²) in [7, 11) is 1.57. The third-order valence-corrected chi connectivity index (χ3v) is 6.47. The summed E-state index contributed by atoms with van der Waals surface area (Å²) in [6.07, 6.45) is 0. The molecule has 0 bridgehead atoms. The van der Waals surface area contributed by atoms with Crippen LogP contribution in [0.2, 0.25) is 15.1 Å². The van der Waals surface area contributed by atoms with E-state index in [0.29, 0.717) is 21.5 Å². The molecule has 1 aliphatic rings. The number of anilines is 2. The summed E-state index contributed by atoms with van der Waals surface area (Å²) in [4.78, 5) is 28.8. The van der Waals surface area contributed by atoms with Gasteiger partial charge in [-0.3, -0.25) is 9.59 Å². The fourth-order valence-corrected chi connectivity index (χ4v) is 4.58. The summed E-state index contributed by atoms with van der Waals surface area (Å²) >= 11 is 19.4. The molecule has 9 heteroatoms. The van der Waals surface area contributed by atoms with Gasteiger partial charge in [-0.25, -0.2) is 4.90 Å². The molecule has 162 valence electrons. The SMILES string of the molecule is COc1ccc(NC2=C(Sc3ccc(Cl)cc3)C(=O)N(c3ccc(Cl)cc3Cl)C2=O)cc1. The molecule has 3 aromatic rings. The van der Waals surface area contributed by atoms with Gasteiger partial charge in [-0.1, -0.05) is 46.6 Å². The Hall–Kier alpha value is -2.64. The molecule has 0 aliphatic carbocycles. The predicted octanol–water partition coefficient (Wildman–Crippen LogP) is 6.64. The first kappa shape index (κ1) is 22.6. The van der Waals surface area contributed by atoms with Crippen molar-refractivity contribution in [2.75, 3.05) is 17.3 Å². The van der Waals surface area contributed by atoms with Crippen molar-refractivity contribution < 1.29 is 14.3 Å². The second-order valence-corrected chi connectivity index (χ2v) is 9.02. The van der Waals surface area contributed by atoms with Crippen molar-refractivity contribution in [1.82, 2.24) is 0 Å². The van der Waals surface area contributed by atoms with Crippen molar-refractivity contribution in [1.29, 1.82) is 0 Å². The molecule has 0 aromatic heterocycles. The Bertz CT molecular complexity index is 1230. The number of benzene rings is 3. The van der Waals surface area contributed by atoms with Crippen molar-refractivity contribution in [3.05, 3.63) is 92.4 Å². The number of nitrogens with zero attached hydrogens (tertiary/aromatic N) is 1. The highest BCUT2D eigenvalue weighted by Gasteiger charge is 2.41. The first-order valence-electron chi connectivity index (χ1n) is 9.30. The zero-order valence-corrected chi connectivity index (χ0v) is 19.6. The number of amides is 2. The third-order valence-electron chi connectivity index (χ3n) is 4.58. The van der Waals surface area contributed by atoms with Gasteiger partial charge in [0.2, 0.25) is 0 Å². The maximum atomic E-state index is 13.4. The summed E-state index contributed by atoms with van der Waals surface area (Å²) in [6.45, 7) is 0. The highest BCUT2D eigenvalue weighted by molar-refractivity contribution is 8.04. The lowest BCUT2D eigenvalue weighted by Gasteiger charge is -2.17. The van der Waals surface area contributed by atoms with Gasteiger partial charge < -0.3 is 10.1 Å². The number of ether oxygens (including phenoxy) is 1. The van der Waals surface area contributed by atoms with E-state index in [4.69, 9.17) is 39.5 Å². The van der Waals surface area contributed by atoms with Crippen LogP contribution in [-0.2, 0) is 9.59 Å². The standard InChI is InChI=1S/C23H15Cl3N2O3S/c1-31-16-7-5-15(6-8-16)27-20-21(32-17-9-2-13(24)3-10-17)23(30)28(22(20)29)19-11-4-14(25)12-18(19)26/h2-12,27H,1H3. The number of carbonyl (C=O) groups is 2. The molecular formula is C23H15Cl3N2O3S. The number of halogens is 3. The molecular weight excluding hydrogens is 491 g/mol. The highest BCUT2D eigenvalue weighted by Crippen LogP contribution is 2.40. The second kappa shape index (κ2) is 9.46. The molecule has 3 aromatic carbocycles. The van der Waals surface area contributed by atoms with Crippen LogP contribution in [0.3, 0.4) is 0 Å². The van der Waals surface area contributed by atoms with Gasteiger partial charge >= 0.3 is 0 Å². The number of imide groups is 1.